The third kappa shape index (κ3) is 3.17. The second-order valence-corrected chi connectivity index (χ2v) is 8.04. The van der Waals surface area contributed by atoms with Gasteiger partial charge in [0.1, 0.15) is 0 Å². The largest absolute Gasteiger partial charge is 0.377 e. The standard InChI is InChI=1S/C20H18N4O2S/c1-24(2)19-7-3-6-16-15(19)5-4-8-20(16)27(25,26)23-14-9-10-17-18(13-14)22-12-11-21-17/h3-13,23H,1-2H3. The summed E-state index contributed by atoms with van der Waals surface area (Å²) in [6.07, 6.45) is 3.18. The number of hydrogen-bond acceptors (Lipinski definition) is 5. The molecule has 0 saturated heterocycles. The first kappa shape index (κ1) is 17.2. The Bertz CT molecular complexity index is 1250. The molecule has 0 aliphatic carbocycles. The summed E-state index contributed by atoms with van der Waals surface area (Å²) in [5, 5.41) is 1.56. The molecule has 4 rings (SSSR count). The van der Waals surface area contributed by atoms with Crippen LogP contribution in [0.4, 0.5) is 11.4 Å². The average molecular weight is 378 g/mol. The molecule has 7 heteroatoms. The normalized spacial score (nSPS) is 11.6. The maximum atomic E-state index is 13.1. The van der Waals surface area contributed by atoms with Gasteiger partial charge in [0.2, 0.25) is 0 Å². The molecule has 0 aliphatic heterocycles. The lowest BCUT2D eigenvalue weighted by atomic mass is 10.1. The molecule has 0 amide bonds. The summed E-state index contributed by atoms with van der Waals surface area (Å²) in [6, 6.07) is 16.1. The first-order valence-electron chi connectivity index (χ1n) is 8.38. The SMILES string of the molecule is CN(C)c1cccc2c(S(=O)(=O)Nc3ccc4nccnc4c3)cccc12. The van der Waals surface area contributed by atoms with Gasteiger partial charge in [-0.3, -0.25) is 14.7 Å². The van der Waals surface area contributed by atoms with E-state index in [0.717, 1.165) is 11.1 Å². The molecule has 0 aliphatic rings. The van der Waals surface area contributed by atoms with E-state index in [1.165, 1.54) is 0 Å². The molecule has 0 radical (unpaired) electrons. The third-order valence-electron chi connectivity index (χ3n) is 4.35. The minimum atomic E-state index is -3.77. The van der Waals surface area contributed by atoms with Crippen LogP contribution in [-0.2, 0) is 10.0 Å². The number of fused-ring (bicyclic) bond motifs is 2. The molecule has 3 aromatic carbocycles. The second-order valence-electron chi connectivity index (χ2n) is 6.39. The molecule has 0 unspecified atom stereocenters. The molecule has 136 valence electrons. The minimum absolute atomic E-state index is 0.239. The number of nitrogens with zero attached hydrogens (tertiary/aromatic N) is 3. The van der Waals surface area contributed by atoms with Crippen molar-refractivity contribution in [3.05, 3.63) is 67.0 Å². The third-order valence-corrected chi connectivity index (χ3v) is 5.79. The van der Waals surface area contributed by atoms with Gasteiger partial charge < -0.3 is 4.90 Å². The predicted molar refractivity (Wildman–Crippen MR) is 109 cm³/mol. The zero-order valence-corrected chi connectivity index (χ0v) is 15.7. The fourth-order valence-corrected chi connectivity index (χ4v) is 4.40. The van der Waals surface area contributed by atoms with Crippen molar-refractivity contribution in [2.75, 3.05) is 23.7 Å². The van der Waals surface area contributed by atoms with Gasteiger partial charge in [-0.15, -0.1) is 0 Å². The summed E-state index contributed by atoms with van der Waals surface area (Å²) >= 11 is 0. The van der Waals surface area contributed by atoms with Crippen LogP contribution in [0.1, 0.15) is 0 Å². The maximum Gasteiger partial charge on any atom is 0.262 e. The van der Waals surface area contributed by atoms with Gasteiger partial charge >= 0.3 is 0 Å². The van der Waals surface area contributed by atoms with Crippen molar-refractivity contribution in [1.29, 1.82) is 0 Å². The number of nitrogens with one attached hydrogen (secondary N) is 1. The lowest BCUT2D eigenvalue weighted by Crippen LogP contribution is -2.14. The molecule has 0 saturated carbocycles. The minimum Gasteiger partial charge on any atom is -0.377 e. The van der Waals surface area contributed by atoms with Gasteiger partial charge in [0.25, 0.3) is 10.0 Å². The van der Waals surface area contributed by atoms with Crippen LogP contribution in [0, 0.1) is 0 Å². The molecular weight excluding hydrogens is 360 g/mol. The maximum absolute atomic E-state index is 13.1. The fourth-order valence-electron chi connectivity index (χ4n) is 3.13. The van der Waals surface area contributed by atoms with Gasteiger partial charge in [0.05, 0.1) is 21.6 Å². The second kappa shape index (κ2) is 6.51. The number of sulfonamides is 1. The van der Waals surface area contributed by atoms with E-state index in [0.29, 0.717) is 22.1 Å². The van der Waals surface area contributed by atoms with E-state index >= 15 is 0 Å². The van der Waals surface area contributed by atoms with E-state index in [1.807, 2.05) is 43.3 Å². The van der Waals surface area contributed by atoms with Gasteiger partial charge in [0.15, 0.2) is 0 Å². The van der Waals surface area contributed by atoms with Crippen molar-refractivity contribution in [2.24, 2.45) is 0 Å². The Balaban J connectivity index is 1.80. The Hall–Kier alpha value is -3.19. The van der Waals surface area contributed by atoms with E-state index in [-0.39, 0.29) is 4.90 Å². The van der Waals surface area contributed by atoms with E-state index < -0.39 is 10.0 Å². The van der Waals surface area contributed by atoms with Crippen molar-refractivity contribution >= 4 is 43.2 Å². The van der Waals surface area contributed by atoms with E-state index in [1.54, 1.807) is 42.7 Å². The van der Waals surface area contributed by atoms with Crippen LogP contribution < -0.4 is 9.62 Å². The molecule has 6 nitrogen and oxygen atoms in total. The van der Waals surface area contributed by atoms with Crippen molar-refractivity contribution in [2.45, 2.75) is 4.90 Å². The average Bonchev–Trinajstić information content (AvgIpc) is 2.66. The zero-order chi connectivity index (χ0) is 19.0. The van der Waals surface area contributed by atoms with E-state index in [4.69, 9.17) is 0 Å². The zero-order valence-electron chi connectivity index (χ0n) is 14.9. The highest BCUT2D eigenvalue weighted by atomic mass is 32.2. The van der Waals surface area contributed by atoms with Gasteiger partial charge in [-0.1, -0.05) is 24.3 Å². The Morgan fingerprint density at radius 3 is 2.33 bits per heavy atom. The molecule has 1 heterocycles. The first-order valence-corrected chi connectivity index (χ1v) is 9.87. The Kier molecular flexibility index (Phi) is 4.16. The van der Waals surface area contributed by atoms with Gasteiger partial charge in [0, 0.05) is 42.9 Å². The van der Waals surface area contributed by atoms with Gasteiger partial charge in [-0.2, -0.15) is 0 Å². The molecule has 0 spiro atoms. The van der Waals surface area contributed by atoms with Gasteiger partial charge in [-0.05, 0) is 30.3 Å². The molecule has 0 bridgehead atoms. The van der Waals surface area contributed by atoms with Crippen LogP contribution >= 0.6 is 0 Å². The molecule has 0 atom stereocenters. The van der Waals surface area contributed by atoms with Crippen LogP contribution in [-0.4, -0.2) is 32.5 Å². The number of anilines is 2. The highest BCUT2D eigenvalue weighted by Gasteiger charge is 2.19. The smallest absolute Gasteiger partial charge is 0.262 e. The summed E-state index contributed by atoms with van der Waals surface area (Å²) in [5.41, 5.74) is 2.75. The molecule has 1 aromatic heterocycles. The Morgan fingerprint density at radius 2 is 1.56 bits per heavy atom. The fraction of sp³-hybridized carbons (Fsp3) is 0.100. The molecule has 0 fully saturated rings. The van der Waals surface area contributed by atoms with Crippen LogP contribution in [0.2, 0.25) is 0 Å². The predicted octanol–water partition coefficient (Wildman–Crippen LogP) is 3.65. The molecule has 4 aromatic rings. The molecular formula is C20H18N4O2S. The summed E-state index contributed by atoms with van der Waals surface area (Å²) in [7, 11) is 0.102. The first-order chi connectivity index (χ1) is 13.0. The lowest BCUT2D eigenvalue weighted by Gasteiger charge is -2.17. The molecule has 1 N–H and O–H groups in total. The summed E-state index contributed by atoms with van der Waals surface area (Å²) in [4.78, 5) is 10.6. The Labute approximate surface area is 157 Å². The van der Waals surface area contributed by atoms with Crippen LogP contribution in [0.25, 0.3) is 21.8 Å². The highest BCUT2D eigenvalue weighted by Crippen LogP contribution is 2.31. The van der Waals surface area contributed by atoms with Crippen molar-refractivity contribution in [3.8, 4) is 0 Å². The number of rotatable bonds is 4. The summed E-state index contributed by atoms with van der Waals surface area (Å²) in [6.45, 7) is 0. The van der Waals surface area contributed by atoms with Crippen LogP contribution in [0.15, 0.2) is 71.9 Å². The summed E-state index contributed by atoms with van der Waals surface area (Å²) in [5.74, 6) is 0. The summed E-state index contributed by atoms with van der Waals surface area (Å²) < 4.78 is 28.8. The van der Waals surface area contributed by atoms with Crippen LogP contribution in [0.5, 0.6) is 0 Å². The van der Waals surface area contributed by atoms with E-state index in [9.17, 15) is 8.42 Å². The Morgan fingerprint density at radius 1 is 0.852 bits per heavy atom. The van der Waals surface area contributed by atoms with Crippen molar-refractivity contribution in [1.82, 2.24) is 9.97 Å². The van der Waals surface area contributed by atoms with E-state index in [2.05, 4.69) is 14.7 Å². The highest BCUT2D eigenvalue weighted by molar-refractivity contribution is 7.93. The monoisotopic (exact) mass is 378 g/mol. The number of benzene rings is 3. The topological polar surface area (TPSA) is 75.2 Å². The number of aromatic nitrogens is 2. The number of hydrogen-bond donors (Lipinski definition) is 1. The molecule has 27 heavy (non-hydrogen) atoms. The van der Waals surface area contributed by atoms with Crippen molar-refractivity contribution in [3.63, 3.8) is 0 Å². The quantitative estimate of drug-likeness (QED) is 0.587. The van der Waals surface area contributed by atoms with Crippen LogP contribution in [0.3, 0.4) is 0 Å². The van der Waals surface area contributed by atoms with Gasteiger partial charge in [-0.25, -0.2) is 8.42 Å². The lowest BCUT2D eigenvalue weighted by molar-refractivity contribution is 0.602. The van der Waals surface area contributed by atoms with Crippen molar-refractivity contribution < 1.29 is 8.42 Å².